The molecular weight excluding hydrogens is 585 g/mol. The van der Waals surface area contributed by atoms with Crippen molar-refractivity contribution in [3.63, 3.8) is 0 Å². The summed E-state index contributed by atoms with van der Waals surface area (Å²) in [5.74, 6) is -1.03. The molecule has 0 saturated carbocycles. The van der Waals surface area contributed by atoms with E-state index < -0.39 is 11.9 Å². The Hall–Kier alpha value is -3.42. The Morgan fingerprint density at radius 3 is 2.19 bits per heavy atom. The molecule has 3 aromatic carbocycles. The molecule has 0 aromatic heterocycles. The Bertz CT molecular complexity index is 1390. The van der Waals surface area contributed by atoms with Crippen LogP contribution in [-0.4, -0.2) is 30.5 Å². The van der Waals surface area contributed by atoms with E-state index in [1.165, 1.54) is 69.7 Å². The van der Waals surface area contributed by atoms with Gasteiger partial charge in [-0.2, -0.15) is 5.10 Å². The lowest BCUT2D eigenvalue weighted by Gasteiger charge is -2.11. The van der Waals surface area contributed by atoms with E-state index in [1.807, 2.05) is 30.3 Å². The SMILES string of the molecule is CCCCCCCCCCCCCC(=O)NCC(=O)N/N=C/c1c(OC(=O)c2ccc(Cl)cc2Cl)ccc2ccccc12. The van der Waals surface area contributed by atoms with Gasteiger partial charge in [-0.25, -0.2) is 10.2 Å². The summed E-state index contributed by atoms with van der Waals surface area (Å²) >= 11 is 12.1. The molecule has 3 rings (SSSR count). The summed E-state index contributed by atoms with van der Waals surface area (Å²) in [4.78, 5) is 37.3. The second kappa shape index (κ2) is 19.0. The molecule has 0 radical (unpaired) electrons. The monoisotopic (exact) mass is 625 g/mol. The summed E-state index contributed by atoms with van der Waals surface area (Å²) in [5.41, 5.74) is 3.09. The molecule has 43 heavy (non-hydrogen) atoms. The first-order valence-corrected chi connectivity index (χ1v) is 15.9. The zero-order valence-corrected chi connectivity index (χ0v) is 26.3. The Morgan fingerprint density at radius 1 is 0.814 bits per heavy atom. The van der Waals surface area contributed by atoms with Gasteiger partial charge in [-0.05, 0) is 41.5 Å². The fraction of sp³-hybridized carbons (Fsp3) is 0.412. The molecule has 0 aliphatic rings. The third-order valence-electron chi connectivity index (χ3n) is 7.12. The maximum atomic E-state index is 12.9. The average molecular weight is 627 g/mol. The number of rotatable bonds is 18. The molecule has 0 saturated heterocycles. The number of hydrogen-bond acceptors (Lipinski definition) is 5. The molecule has 0 aliphatic carbocycles. The van der Waals surface area contributed by atoms with Crippen LogP contribution < -0.4 is 15.5 Å². The van der Waals surface area contributed by atoms with Gasteiger partial charge in [0.15, 0.2) is 0 Å². The topological polar surface area (TPSA) is 96.9 Å². The summed E-state index contributed by atoms with van der Waals surface area (Å²) in [7, 11) is 0. The van der Waals surface area contributed by atoms with Gasteiger partial charge in [-0.15, -0.1) is 0 Å². The van der Waals surface area contributed by atoms with E-state index >= 15 is 0 Å². The number of amides is 2. The Balaban J connectivity index is 1.44. The molecule has 0 fully saturated rings. The summed E-state index contributed by atoms with van der Waals surface area (Å²) in [6.45, 7) is 2.05. The highest BCUT2D eigenvalue weighted by molar-refractivity contribution is 6.36. The molecule has 0 atom stereocenters. The van der Waals surface area contributed by atoms with Crippen LogP contribution in [0.3, 0.4) is 0 Å². The van der Waals surface area contributed by atoms with Crippen molar-refractivity contribution in [3.05, 3.63) is 75.8 Å². The Labute approximate surface area is 264 Å². The van der Waals surface area contributed by atoms with Crippen LogP contribution in [-0.2, 0) is 9.59 Å². The molecule has 3 aromatic rings. The molecule has 230 valence electrons. The lowest BCUT2D eigenvalue weighted by atomic mass is 10.0. The van der Waals surface area contributed by atoms with Gasteiger partial charge < -0.3 is 10.1 Å². The highest BCUT2D eigenvalue weighted by Gasteiger charge is 2.16. The van der Waals surface area contributed by atoms with Crippen LogP contribution in [0.4, 0.5) is 0 Å². The second-order valence-electron chi connectivity index (χ2n) is 10.6. The van der Waals surface area contributed by atoms with E-state index in [0.717, 1.165) is 30.0 Å². The summed E-state index contributed by atoms with van der Waals surface area (Å²) in [5, 5.41) is 8.95. The fourth-order valence-electron chi connectivity index (χ4n) is 4.73. The first-order chi connectivity index (χ1) is 20.9. The van der Waals surface area contributed by atoms with Crippen LogP contribution in [0.5, 0.6) is 5.75 Å². The van der Waals surface area contributed by atoms with Crippen molar-refractivity contribution < 1.29 is 19.1 Å². The van der Waals surface area contributed by atoms with Crippen LogP contribution in [0.1, 0.15) is 99.9 Å². The van der Waals surface area contributed by atoms with Crippen molar-refractivity contribution in [1.82, 2.24) is 10.7 Å². The molecule has 0 bridgehead atoms. The van der Waals surface area contributed by atoms with E-state index in [4.69, 9.17) is 27.9 Å². The smallest absolute Gasteiger partial charge is 0.345 e. The van der Waals surface area contributed by atoms with Crippen molar-refractivity contribution in [1.29, 1.82) is 0 Å². The number of unbranched alkanes of at least 4 members (excludes halogenated alkanes) is 10. The van der Waals surface area contributed by atoms with Crippen LogP contribution in [0.15, 0.2) is 59.7 Å². The molecule has 0 aliphatic heterocycles. The van der Waals surface area contributed by atoms with E-state index in [9.17, 15) is 14.4 Å². The number of esters is 1. The molecule has 0 unspecified atom stereocenters. The second-order valence-corrected chi connectivity index (χ2v) is 11.4. The van der Waals surface area contributed by atoms with Crippen molar-refractivity contribution >= 4 is 58.0 Å². The number of fused-ring (bicyclic) bond motifs is 1. The van der Waals surface area contributed by atoms with Gasteiger partial charge in [0.2, 0.25) is 5.91 Å². The van der Waals surface area contributed by atoms with Gasteiger partial charge in [0.1, 0.15) is 5.75 Å². The van der Waals surface area contributed by atoms with Gasteiger partial charge in [-0.1, -0.05) is 125 Å². The minimum atomic E-state index is -0.656. The number of nitrogens with zero attached hydrogens (tertiary/aromatic N) is 1. The van der Waals surface area contributed by atoms with Crippen LogP contribution in [0.25, 0.3) is 10.8 Å². The van der Waals surface area contributed by atoms with E-state index in [1.54, 1.807) is 12.1 Å². The number of ether oxygens (including phenoxy) is 1. The zero-order chi connectivity index (χ0) is 30.9. The van der Waals surface area contributed by atoms with Crippen molar-refractivity contribution in [2.45, 2.75) is 84.0 Å². The molecule has 7 nitrogen and oxygen atoms in total. The Kier molecular flexibility index (Phi) is 15.0. The van der Waals surface area contributed by atoms with E-state index in [2.05, 4.69) is 22.8 Å². The first-order valence-electron chi connectivity index (χ1n) is 15.2. The first kappa shape index (κ1) is 34.1. The van der Waals surface area contributed by atoms with Crippen molar-refractivity contribution in [2.75, 3.05) is 6.54 Å². The number of halogens is 2. The molecule has 9 heteroatoms. The predicted octanol–water partition coefficient (Wildman–Crippen LogP) is 8.63. The predicted molar refractivity (Wildman–Crippen MR) is 175 cm³/mol. The third kappa shape index (κ3) is 12.0. The van der Waals surface area contributed by atoms with Gasteiger partial charge in [0, 0.05) is 17.0 Å². The maximum absolute atomic E-state index is 12.9. The number of nitrogens with one attached hydrogen (secondary N) is 2. The number of hydrogen-bond donors (Lipinski definition) is 2. The molecular formula is C34H41Cl2N3O4. The van der Waals surface area contributed by atoms with Gasteiger partial charge in [0.25, 0.3) is 5.91 Å². The largest absolute Gasteiger partial charge is 0.422 e. The molecule has 0 spiro atoms. The molecule has 2 amide bonds. The van der Waals surface area contributed by atoms with Gasteiger partial charge >= 0.3 is 5.97 Å². The van der Waals surface area contributed by atoms with Gasteiger partial charge in [-0.3, -0.25) is 9.59 Å². The standard InChI is InChI=1S/C34H41Cl2N3O4/c1-2-3-4-5-6-7-8-9-10-11-12-17-32(40)37-24-33(41)39-38-23-29-27-16-14-13-15-25(27)18-21-31(29)43-34(42)28-20-19-26(35)22-30(28)36/h13-16,18-23H,2-12,17,24H2,1H3,(H,37,40)(H,39,41)/b38-23+. The summed E-state index contributed by atoms with van der Waals surface area (Å²) < 4.78 is 5.66. The Morgan fingerprint density at radius 2 is 1.49 bits per heavy atom. The minimum Gasteiger partial charge on any atom is -0.422 e. The number of carbonyl (C=O) groups is 3. The highest BCUT2D eigenvalue weighted by atomic mass is 35.5. The lowest BCUT2D eigenvalue weighted by Crippen LogP contribution is -2.34. The number of benzene rings is 3. The fourth-order valence-corrected chi connectivity index (χ4v) is 5.22. The maximum Gasteiger partial charge on any atom is 0.345 e. The van der Waals surface area contributed by atoms with E-state index in [0.29, 0.717) is 17.0 Å². The van der Waals surface area contributed by atoms with Crippen LogP contribution >= 0.6 is 23.2 Å². The van der Waals surface area contributed by atoms with Gasteiger partial charge in [0.05, 0.1) is 23.3 Å². The quantitative estimate of drug-likeness (QED) is 0.0486. The molecule has 2 N–H and O–H groups in total. The number of carbonyl (C=O) groups excluding carboxylic acids is 3. The zero-order valence-electron chi connectivity index (χ0n) is 24.8. The molecule has 0 heterocycles. The van der Waals surface area contributed by atoms with Crippen molar-refractivity contribution in [3.8, 4) is 5.75 Å². The number of hydrazone groups is 1. The van der Waals surface area contributed by atoms with Crippen LogP contribution in [0.2, 0.25) is 10.0 Å². The lowest BCUT2D eigenvalue weighted by molar-refractivity contribution is -0.126. The normalized spacial score (nSPS) is 11.1. The summed E-state index contributed by atoms with van der Waals surface area (Å²) in [6.07, 6.45) is 15.2. The van der Waals surface area contributed by atoms with E-state index in [-0.39, 0.29) is 28.8 Å². The third-order valence-corrected chi connectivity index (χ3v) is 7.67. The van der Waals surface area contributed by atoms with Crippen molar-refractivity contribution in [2.24, 2.45) is 5.10 Å². The summed E-state index contributed by atoms with van der Waals surface area (Å²) in [6, 6.07) is 15.5. The average Bonchev–Trinajstić information content (AvgIpc) is 2.99. The highest BCUT2D eigenvalue weighted by Crippen LogP contribution is 2.29. The van der Waals surface area contributed by atoms with Crippen LogP contribution in [0, 0.1) is 0 Å². The minimum absolute atomic E-state index is 0.154.